The first kappa shape index (κ1) is 20.5. The van der Waals surface area contributed by atoms with Crippen LogP contribution < -0.4 is 5.14 Å². The molecule has 1 atom stereocenters. The average molecular weight is 359 g/mol. The summed E-state index contributed by atoms with van der Waals surface area (Å²) in [6, 6.07) is 6.38. The highest BCUT2D eigenvalue weighted by atomic mass is 35.5. The Kier molecular flexibility index (Phi) is 10.8. The largest absolute Gasteiger partial charge is 0.760 e. The summed E-state index contributed by atoms with van der Waals surface area (Å²) in [4.78, 5) is 0.150. The molecule has 0 fully saturated rings. The van der Waals surface area contributed by atoms with Crippen molar-refractivity contribution in [2.24, 2.45) is 5.14 Å². The zero-order chi connectivity index (χ0) is 16.3. The van der Waals surface area contributed by atoms with Crippen molar-refractivity contribution in [1.82, 2.24) is 0 Å². The van der Waals surface area contributed by atoms with E-state index in [0.717, 1.165) is 0 Å². The Morgan fingerprint density at radius 2 is 1.86 bits per heavy atom. The van der Waals surface area contributed by atoms with Crippen molar-refractivity contribution in [2.45, 2.75) is 4.90 Å². The number of hydrogen-bond donors (Lipinski definition) is 1. The zero-order valence-electron chi connectivity index (χ0n) is 11.4. The second kappa shape index (κ2) is 11.1. The van der Waals surface area contributed by atoms with Crippen molar-refractivity contribution in [3.63, 3.8) is 0 Å². The molecule has 0 heterocycles. The van der Waals surface area contributed by atoms with Gasteiger partial charge in [0.25, 0.3) is 0 Å². The monoisotopic (exact) mass is 358 g/mol. The number of benzene rings is 1. The van der Waals surface area contributed by atoms with E-state index in [4.69, 9.17) is 29.8 Å². The number of nitrogens with two attached hydrogens (primary N) is 1. The van der Waals surface area contributed by atoms with Gasteiger partial charge in [-0.05, 0) is 12.1 Å². The van der Waals surface area contributed by atoms with Crippen LogP contribution in [0, 0.1) is 0 Å². The van der Waals surface area contributed by atoms with Crippen LogP contribution in [0.2, 0.25) is 5.02 Å². The smallest absolute Gasteiger partial charge is 0.182 e. The molecule has 10 heteroatoms. The molecule has 1 unspecified atom stereocenters. The first-order valence-electron chi connectivity index (χ1n) is 5.69. The van der Waals surface area contributed by atoms with Gasteiger partial charge in [-0.15, -0.1) is 0 Å². The van der Waals surface area contributed by atoms with Crippen LogP contribution in [0.1, 0.15) is 0 Å². The molecule has 1 aromatic rings. The van der Waals surface area contributed by atoms with Crippen molar-refractivity contribution < 1.29 is 26.7 Å². The van der Waals surface area contributed by atoms with Gasteiger partial charge in [0.15, 0.2) is 9.84 Å². The number of hydrogen-bond acceptors (Lipinski definition) is 6. The summed E-state index contributed by atoms with van der Waals surface area (Å²) < 4.78 is 51.2. The third kappa shape index (κ3) is 9.91. The normalized spacial score (nSPS) is 12.4. The van der Waals surface area contributed by atoms with Gasteiger partial charge in [0.05, 0.1) is 35.5 Å². The molecule has 7 nitrogen and oxygen atoms in total. The van der Waals surface area contributed by atoms with Crippen LogP contribution in [0.5, 0.6) is 0 Å². The molecule has 0 spiro atoms. The number of halogens is 1. The molecule has 0 aliphatic carbocycles. The maximum Gasteiger partial charge on any atom is 0.182 e. The van der Waals surface area contributed by atoms with Crippen molar-refractivity contribution in [3.05, 3.63) is 29.3 Å². The van der Waals surface area contributed by atoms with Gasteiger partial charge in [0.1, 0.15) is 0 Å². The highest BCUT2D eigenvalue weighted by Gasteiger charge is 2.17. The molecule has 0 saturated heterocycles. The number of sulfone groups is 1. The molecule has 0 aromatic heterocycles. The predicted octanol–water partition coefficient (Wildman–Crippen LogP) is 0.516. The van der Waals surface area contributed by atoms with E-state index in [2.05, 4.69) is 5.14 Å². The fourth-order valence-electron chi connectivity index (χ4n) is 1.22. The summed E-state index contributed by atoms with van der Waals surface area (Å²) in [6.07, 6.45) is 0. The molecule has 0 bridgehead atoms. The van der Waals surface area contributed by atoms with Gasteiger partial charge < -0.3 is 14.0 Å². The Morgan fingerprint density at radius 1 is 1.29 bits per heavy atom. The third-order valence-corrected chi connectivity index (χ3v) is 4.27. The lowest BCUT2D eigenvalue weighted by Crippen LogP contribution is -2.14. The van der Waals surface area contributed by atoms with Crippen LogP contribution in [0.4, 0.5) is 0 Å². The third-order valence-electron chi connectivity index (χ3n) is 2.10. The lowest BCUT2D eigenvalue weighted by atomic mass is 10.4. The van der Waals surface area contributed by atoms with Gasteiger partial charge in [0, 0.05) is 18.4 Å². The van der Waals surface area contributed by atoms with Gasteiger partial charge in [-0.3, -0.25) is 9.35 Å². The van der Waals surface area contributed by atoms with E-state index in [1.807, 2.05) is 0 Å². The van der Waals surface area contributed by atoms with Crippen LogP contribution in [-0.4, -0.2) is 49.9 Å². The second-order valence-electron chi connectivity index (χ2n) is 3.61. The molecule has 122 valence electrons. The van der Waals surface area contributed by atoms with E-state index in [1.165, 1.54) is 6.07 Å². The van der Waals surface area contributed by atoms with E-state index < -0.39 is 21.1 Å². The first-order chi connectivity index (χ1) is 9.81. The summed E-state index contributed by atoms with van der Waals surface area (Å²) in [6.45, 7) is 0.970. The molecular weight excluding hydrogens is 342 g/mol. The van der Waals surface area contributed by atoms with Gasteiger partial charge in [-0.2, -0.15) is 0 Å². The maximum atomic E-state index is 11.9. The summed E-state index contributed by atoms with van der Waals surface area (Å²) in [5.41, 5.74) is 0. The fourth-order valence-corrected chi connectivity index (χ4v) is 2.92. The Balaban J connectivity index is 0.000000885. The fraction of sp³-hybridized carbons (Fsp3) is 0.455. The minimum Gasteiger partial charge on any atom is -0.760 e. The quantitative estimate of drug-likeness (QED) is 0.560. The second-order valence-corrected chi connectivity index (χ2v) is 6.62. The van der Waals surface area contributed by atoms with Crippen molar-refractivity contribution in [3.8, 4) is 0 Å². The predicted molar refractivity (Wildman–Crippen MR) is 79.3 cm³/mol. The highest BCUT2D eigenvalue weighted by molar-refractivity contribution is 7.91. The van der Waals surface area contributed by atoms with Gasteiger partial charge in [0.2, 0.25) is 0 Å². The summed E-state index contributed by atoms with van der Waals surface area (Å²) in [5.74, 6) is -0.0829. The standard InChI is InChI=1S/C11H15ClO4S.H3NO2S/c1-15-6-7-16-8-9-17(13,14)11-5-3-2-4-10(11)12;1-4(2)3/h2-5H,6-9H2,1H3;1H2,(H,2,3)/p-1. The Labute approximate surface area is 131 Å². The van der Waals surface area contributed by atoms with Crippen LogP contribution in [0.25, 0.3) is 0 Å². The molecule has 0 saturated carbocycles. The van der Waals surface area contributed by atoms with Gasteiger partial charge in [-0.1, -0.05) is 23.7 Å². The van der Waals surface area contributed by atoms with E-state index in [-0.39, 0.29) is 22.3 Å². The molecule has 2 N–H and O–H groups in total. The molecule has 1 aromatic carbocycles. The molecule has 0 aliphatic rings. The minimum atomic E-state index is -3.38. The highest BCUT2D eigenvalue weighted by Crippen LogP contribution is 2.21. The van der Waals surface area contributed by atoms with Crippen molar-refractivity contribution in [1.29, 1.82) is 0 Å². The minimum absolute atomic E-state index is 0.0829. The van der Waals surface area contributed by atoms with Gasteiger partial charge in [-0.25, -0.2) is 8.42 Å². The van der Waals surface area contributed by atoms with E-state index in [0.29, 0.717) is 13.2 Å². The molecule has 21 heavy (non-hydrogen) atoms. The Bertz CT molecular complexity index is 533. The molecular formula is C11H17ClNO6S2-. The number of ether oxygens (including phenoxy) is 2. The molecule has 0 radical (unpaired) electrons. The molecule has 1 rings (SSSR count). The summed E-state index contributed by atoms with van der Waals surface area (Å²) in [7, 11) is -1.82. The van der Waals surface area contributed by atoms with Crippen LogP contribution in [0.3, 0.4) is 0 Å². The van der Waals surface area contributed by atoms with E-state index >= 15 is 0 Å². The van der Waals surface area contributed by atoms with E-state index in [9.17, 15) is 8.42 Å². The lowest BCUT2D eigenvalue weighted by molar-refractivity contribution is 0.0785. The first-order valence-corrected chi connectivity index (χ1v) is 8.85. The average Bonchev–Trinajstić information content (AvgIpc) is 2.38. The van der Waals surface area contributed by atoms with Gasteiger partial charge >= 0.3 is 0 Å². The van der Waals surface area contributed by atoms with Crippen LogP contribution >= 0.6 is 11.6 Å². The number of methoxy groups -OCH3 is 1. The molecule has 0 amide bonds. The zero-order valence-corrected chi connectivity index (χ0v) is 13.7. The van der Waals surface area contributed by atoms with E-state index in [1.54, 1.807) is 25.3 Å². The van der Waals surface area contributed by atoms with Crippen molar-refractivity contribution >= 4 is 32.7 Å². The summed E-state index contributed by atoms with van der Waals surface area (Å²) in [5, 5.41) is 4.27. The SMILES string of the molecule is COCCOCCS(=O)(=O)c1ccccc1Cl.NS(=O)[O-]. The molecule has 0 aliphatic heterocycles. The van der Waals surface area contributed by atoms with Crippen molar-refractivity contribution in [2.75, 3.05) is 32.7 Å². The summed E-state index contributed by atoms with van der Waals surface area (Å²) >= 11 is 3.47. The Morgan fingerprint density at radius 3 is 2.38 bits per heavy atom. The maximum absolute atomic E-state index is 11.9. The topological polar surface area (TPSA) is 119 Å². The van der Waals surface area contributed by atoms with Crippen LogP contribution in [0.15, 0.2) is 29.2 Å². The number of rotatable bonds is 7. The Hall–Kier alpha value is -0.550. The van der Waals surface area contributed by atoms with Crippen LogP contribution in [-0.2, 0) is 30.6 Å². The lowest BCUT2D eigenvalue weighted by Gasteiger charge is -2.06.